The highest BCUT2D eigenvalue weighted by molar-refractivity contribution is 5.98. The first kappa shape index (κ1) is 22.2. The van der Waals surface area contributed by atoms with Crippen LogP contribution in [0.3, 0.4) is 0 Å². The number of benzene rings is 1. The molecule has 1 saturated heterocycles. The molecule has 1 fully saturated rings. The van der Waals surface area contributed by atoms with Crippen LogP contribution in [0.2, 0.25) is 0 Å². The van der Waals surface area contributed by atoms with Crippen LogP contribution in [-0.4, -0.2) is 67.9 Å². The Hall–Kier alpha value is -2.08. The van der Waals surface area contributed by atoms with Crippen molar-refractivity contribution in [2.45, 2.75) is 58.0 Å². The Morgan fingerprint density at radius 2 is 1.82 bits per heavy atom. The molecule has 0 radical (unpaired) electrons. The lowest BCUT2D eigenvalue weighted by atomic mass is 10.1. The Morgan fingerprint density at radius 3 is 2.43 bits per heavy atom. The van der Waals surface area contributed by atoms with Crippen molar-refractivity contribution in [3.05, 3.63) is 23.8 Å². The summed E-state index contributed by atoms with van der Waals surface area (Å²) in [5.41, 5.74) is 0.536. The average Bonchev–Trinajstić information content (AvgIpc) is 3.21. The second-order valence-electron chi connectivity index (χ2n) is 7.41. The van der Waals surface area contributed by atoms with Crippen LogP contribution < -0.4 is 9.47 Å². The molecule has 0 aliphatic carbocycles. The molecule has 28 heavy (non-hydrogen) atoms. The van der Waals surface area contributed by atoms with Gasteiger partial charge >= 0.3 is 0 Å². The molecule has 1 atom stereocenters. The van der Waals surface area contributed by atoms with E-state index in [0.717, 1.165) is 32.4 Å². The van der Waals surface area contributed by atoms with E-state index in [1.54, 1.807) is 25.3 Å². The van der Waals surface area contributed by atoms with Crippen molar-refractivity contribution < 1.29 is 19.1 Å². The number of hydrogen-bond donors (Lipinski definition) is 0. The molecule has 0 bridgehead atoms. The van der Waals surface area contributed by atoms with Crippen molar-refractivity contribution in [1.82, 2.24) is 9.80 Å². The highest BCUT2D eigenvalue weighted by Crippen LogP contribution is 2.28. The summed E-state index contributed by atoms with van der Waals surface area (Å²) in [6.07, 6.45) is 3.70. The zero-order chi connectivity index (χ0) is 20.7. The van der Waals surface area contributed by atoms with Crippen LogP contribution in [-0.2, 0) is 4.79 Å². The van der Waals surface area contributed by atoms with Crippen molar-refractivity contribution in [1.29, 1.82) is 0 Å². The van der Waals surface area contributed by atoms with Crippen molar-refractivity contribution >= 4 is 11.7 Å². The lowest BCUT2D eigenvalue weighted by Crippen LogP contribution is -2.41. The van der Waals surface area contributed by atoms with E-state index < -0.39 is 0 Å². The van der Waals surface area contributed by atoms with Gasteiger partial charge in [0, 0.05) is 50.6 Å². The fourth-order valence-electron chi connectivity index (χ4n) is 3.98. The van der Waals surface area contributed by atoms with Crippen molar-refractivity contribution in [3.63, 3.8) is 0 Å². The standard InChI is InChI=1S/C22H34N2O4/c1-6-17(7-2)24-13-12-18(15-24)23(3)22(26)11-9-19(25)16-8-10-20(27-4)21(14-16)28-5/h8,10,14,17-18H,6-7,9,11-13,15H2,1-5H3. The molecule has 1 unspecified atom stereocenters. The van der Waals surface area contributed by atoms with Crippen LogP contribution in [0.4, 0.5) is 0 Å². The molecule has 0 N–H and O–H groups in total. The molecule has 1 heterocycles. The third kappa shape index (κ3) is 5.25. The summed E-state index contributed by atoms with van der Waals surface area (Å²) in [5, 5.41) is 0. The van der Waals surface area contributed by atoms with E-state index in [1.807, 2.05) is 11.9 Å². The zero-order valence-electron chi connectivity index (χ0n) is 17.9. The molecule has 1 aromatic rings. The minimum Gasteiger partial charge on any atom is -0.493 e. The lowest BCUT2D eigenvalue weighted by molar-refractivity contribution is -0.131. The summed E-state index contributed by atoms with van der Waals surface area (Å²) >= 11 is 0. The second kappa shape index (κ2) is 10.5. The van der Waals surface area contributed by atoms with Gasteiger partial charge < -0.3 is 14.4 Å². The first-order valence-electron chi connectivity index (χ1n) is 10.2. The highest BCUT2D eigenvalue weighted by atomic mass is 16.5. The molecule has 1 aromatic carbocycles. The Kier molecular flexibility index (Phi) is 8.30. The second-order valence-corrected chi connectivity index (χ2v) is 7.41. The normalized spacial score (nSPS) is 17.0. The van der Waals surface area contributed by atoms with E-state index in [9.17, 15) is 9.59 Å². The average molecular weight is 391 g/mol. The van der Waals surface area contributed by atoms with Gasteiger partial charge in [-0.05, 0) is 37.5 Å². The van der Waals surface area contributed by atoms with E-state index in [1.165, 1.54) is 7.11 Å². The summed E-state index contributed by atoms with van der Waals surface area (Å²) in [6.45, 7) is 6.41. The minimum absolute atomic E-state index is 0.0326. The monoisotopic (exact) mass is 390 g/mol. The van der Waals surface area contributed by atoms with Crippen LogP contribution >= 0.6 is 0 Å². The molecule has 0 saturated carbocycles. The molecule has 2 rings (SSSR count). The number of ketones is 1. The molecule has 1 aliphatic heterocycles. The number of nitrogens with zero attached hydrogens (tertiary/aromatic N) is 2. The maximum atomic E-state index is 12.6. The minimum atomic E-state index is -0.0622. The van der Waals surface area contributed by atoms with Crippen LogP contribution in [0.5, 0.6) is 11.5 Å². The first-order valence-corrected chi connectivity index (χ1v) is 10.2. The summed E-state index contributed by atoms with van der Waals surface area (Å²) in [4.78, 5) is 29.4. The van der Waals surface area contributed by atoms with E-state index in [0.29, 0.717) is 23.1 Å². The van der Waals surface area contributed by atoms with Gasteiger partial charge in [0.05, 0.1) is 14.2 Å². The third-order valence-electron chi connectivity index (χ3n) is 5.87. The molecule has 0 aromatic heterocycles. The van der Waals surface area contributed by atoms with Crippen molar-refractivity contribution in [2.75, 3.05) is 34.4 Å². The van der Waals surface area contributed by atoms with Crippen LogP contribution in [0.1, 0.15) is 56.3 Å². The van der Waals surface area contributed by atoms with Gasteiger partial charge in [0.1, 0.15) is 0 Å². The fraction of sp³-hybridized carbons (Fsp3) is 0.636. The first-order chi connectivity index (χ1) is 13.4. The number of likely N-dealkylation sites (tertiary alicyclic amines) is 1. The number of carbonyl (C=O) groups excluding carboxylic acids is 2. The fourth-order valence-corrected chi connectivity index (χ4v) is 3.98. The van der Waals surface area contributed by atoms with Gasteiger partial charge in [-0.1, -0.05) is 13.8 Å². The largest absolute Gasteiger partial charge is 0.493 e. The summed E-state index contributed by atoms with van der Waals surface area (Å²) in [7, 11) is 4.96. The van der Waals surface area contributed by atoms with Gasteiger partial charge in [-0.15, -0.1) is 0 Å². The Balaban J connectivity index is 1.88. The van der Waals surface area contributed by atoms with E-state index in [-0.39, 0.29) is 30.6 Å². The Labute approximate surface area is 168 Å². The molecule has 6 nitrogen and oxygen atoms in total. The topological polar surface area (TPSA) is 59.1 Å². The van der Waals surface area contributed by atoms with E-state index >= 15 is 0 Å². The summed E-state index contributed by atoms with van der Waals surface area (Å²) in [5.74, 6) is 1.07. The molecular formula is C22H34N2O4. The number of Topliss-reactive ketones (excluding diaryl/α,β-unsaturated/α-hetero) is 1. The van der Waals surface area contributed by atoms with Crippen LogP contribution in [0.25, 0.3) is 0 Å². The molecular weight excluding hydrogens is 356 g/mol. The maximum absolute atomic E-state index is 12.6. The van der Waals surface area contributed by atoms with E-state index in [4.69, 9.17) is 9.47 Å². The third-order valence-corrected chi connectivity index (χ3v) is 5.87. The summed E-state index contributed by atoms with van der Waals surface area (Å²) in [6, 6.07) is 5.93. The molecule has 1 aliphatic rings. The Bertz CT molecular complexity index is 673. The number of ether oxygens (including phenoxy) is 2. The number of carbonyl (C=O) groups is 2. The SMILES string of the molecule is CCC(CC)N1CCC(N(C)C(=O)CCC(=O)c2ccc(OC)c(OC)c2)C1. The number of amides is 1. The summed E-state index contributed by atoms with van der Waals surface area (Å²) < 4.78 is 10.4. The number of likely N-dealkylation sites (N-methyl/N-ethyl adjacent to an activating group) is 1. The van der Waals surface area contributed by atoms with Crippen molar-refractivity contribution in [3.8, 4) is 11.5 Å². The number of hydrogen-bond acceptors (Lipinski definition) is 5. The molecule has 1 amide bonds. The van der Waals surface area contributed by atoms with Gasteiger partial charge in [0.15, 0.2) is 17.3 Å². The number of rotatable bonds is 10. The van der Waals surface area contributed by atoms with Crippen molar-refractivity contribution in [2.24, 2.45) is 0 Å². The predicted molar refractivity (Wildman–Crippen MR) is 110 cm³/mol. The van der Waals surface area contributed by atoms with Crippen LogP contribution in [0, 0.1) is 0 Å². The smallest absolute Gasteiger partial charge is 0.223 e. The predicted octanol–water partition coefficient (Wildman–Crippen LogP) is 3.39. The van der Waals surface area contributed by atoms with E-state index in [2.05, 4.69) is 18.7 Å². The Morgan fingerprint density at radius 1 is 1.14 bits per heavy atom. The molecule has 156 valence electrons. The van der Waals surface area contributed by atoms with Crippen LogP contribution in [0.15, 0.2) is 18.2 Å². The lowest BCUT2D eigenvalue weighted by Gasteiger charge is -2.28. The quantitative estimate of drug-likeness (QED) is 0.573. The number of methoxy groups -OCH3 is 2. The van der Waals surface area contributed by atoms with Gasteiger partial charge in [0.25, 0.3) is 0 Å². The maximum Gasteiger partial charge on any atom is 0.223 e. The van der Waals surface area contributed by atoms with Gasteiger partial charge in [-0.3, -0.25) is 14.5 Å². The zero-order valence-corrected chi connectivity index (χ0v) is 17.9. The van der Waals surface area contributed by atoms with Gasteiger partial charge in [0.2, 0.25) is 5.91 Å². The highest BCUT2D eigenvalue weighted by Gasteiger charge is 2.31. The molecule has 0 spiro atoms. The molecule has 6 heteroatoms. The van der Waals surface area contributed by atoms with Gasteiger partial charge in [-0.2, -0.15) is 0 Å². The van der Waals surface area contributed by atoms with Gasteiger partial charge in [-0.25, -0.2) is 0 Å².